The zero-order chi connectivity index (χ0) is 31.0. The van der Waals surface area contributed by atoms with Gasteiger partial charge < -0.3 is 44.3 Å². The quantitative estimate of drug-likeness (QED) is 0.219. The summed E-state index contributed by atoms with van der Waals surface area (Å²) in [5.41, 5.74) is 11.6. The van der Waals surface area contributed by atoms with Gasteiger partial charge in [-0.25, -0.2) is 14.4 Å². The minimum Gasteiger partial charge on any atom is -0.369 e. The SMILES string of the molecule is Nc1nc2c(ncn2[C@@H]2O[C@@H]3COP(O)(=S)O[C@H]4[C@H](F)[C@H](n5nnc6c5N=CCC6N)O[C@@H]4COP(O)(=S)O[C@@H]2C3)c(=O)[nH]1. The van der Waals surface area contributed by atoms with Crippen molar-refractivity contribution in [2.75, 3.05) is 18.9 Å². The normalized spacial score (nSPS) is 39.4. The molecule has 3 fully saturated rings. The van der Waals surface area contributed by atoms with Crippen molar-refractivity contribution in [1.82, 2.24) is 34.5 Å². The molecule has 10 atom stereocenters. The molecule has 0 aromatic carbocycles. The topological polar surface area (TPSA) is 255 Å². The van der Waals surface area contributed by atoms with Gasteiger partial charge in [0.1, 0.15) is 24.0 Å². The number of fused-ring (bicyclic) bond motifs is 5. The van der Waals surface area contributed by atoms with Crippen LogP contribution in [-0.2, 0) is 51.2 Å². The van der Waals surface area contributed by atoms with E-state index in [0.717, 1.165) is 4.68 Å². The molecule has 24 heteroatoms. The lowest BCUT2D eigenvalue weighted by Gasteiger charge is -2.27. The summed E-state index contributed by atoms with van der Waals surface area (Å²) < 4.78 is 53.1. The van der Waals surface area contributed by atoms with Crippen LogP contribution in [0.3, 0.4) is 0 Å². The number of aromatic nitrogens is 7. The van der Waals surface area contributed by atoms with E-state index in [1.807, 2.05) is 0 Å². The number of imidazole rings is 1. The number of hydrogen-bond acceptors (Lipinski definition) is 16. The number of aromatic amines is 1. The van der Waals surface area contributed by atoms with Gasteiger partial charge in [-0.2, -0.15) is 9.67 Å². The Kier molecular flexibility index (Phi) is 7.80. The number of aliphatic imine (C=N–C) groups is 1. The average molecular weight is 695 g/mol. The van der Waals surface area contributed by atoms with E-state index in [9.17, 15) is 14.6 Å². The van der Waals surface area contributed by atoms with Crippen molar-refractivity contribution in [2.45, 2.75) is 61.9 Å². The second-order valence-electron chi connectivity index (χ2n) is 10.3. The highest BCUT2D eigenvalue weighted by Gasteiger charge is 2.52. The van der Waals surface area contributed by atoms with Crippen LogP contribution in [0, 0.1) is 0 Å². The summed E-state index contributed by atoms with van der Waals surface area (Å²) in [6.45, 7) is -9.04. The Morgan fingerprint density at radius 3 is 2.70 bits per heavy atom. The first-order valence-corrected chi connectivity index (χ1v) is 18.3. The molecule has 4 aliphatic rings. The van der Waals surface area contributed by atoms with Crippen molar-refractivity contribution in [3.63, 3.8) is 0 Å². The highest BCUT2D eigenvalue weighted by Crippen LogP contribution is 2.54. The molecule has 0 amide bonds. The van der Waals surface area contributed by atoms with E-state index in [4.69, 9.17) is 62.6 Å². The number of nitrogens with two attached hydrogens (primary N) is 2. The number of hydrogen-bond donors (Lipinski definition) is 5. The number of rotatable bonds is 2. The highest BCUT2D eigenvalue weighted by molar-refractivity contribution is 8.07. The number of nitrogens with one attached hydrogen (secondary N) is 1. The van der Waals surface area contributed by atoms with E-state index in [0.29, 0.717) is 12.1 Å². The molecule has 2 bridgehead atoms. The van der Waals surface area contributed by atoms with Crippen molar-refractivity contribution in [1.29, 1.82) is 0 Å². The fraction of sp³-hybridized carbons (Fsp3) is 0.600. The molecule has 7 N–H and O–H groups in total. The number of nitrogens with zero attached hydrogens (tertiary/aromatic N) is 7. The van der Waals surface area contributed by atoms with Gasteiger partial charge in [0.15, 0.2) is 35.6 Å². The Bertz CT molecular complexity index is 1790. The third-order valence-corrected chi connectivity index (χ3v) is 10.5. The largest absolute Gasteiger partial charge is 0.369 e. The van der Waals surface area contributed by atoms with Crippen LogP contribution in [0.25, 0.3) is 11.2 Å². The van der Waals surface area contributed by atoms with Crippen molar-refractivity contribution in [3.05, 3.63) is 22.4 Å². The molecule has 3 aromatic heterocycles. The maximum absolute atomic E-state index is 16.0. The van der Waals surface area contributed by atoms with Crippen LogP contribution in [0.1, 0.15) is 37.0 Å². The summed E-state index contributed by atoms with van der Waals surface area (Å²) >= 11 is 10.5. The number of alkyl halides is 1. The Hall–Kier alpha value is -2.17. The van der Waals surface area contributed by atoms with Gasteiger partial charge in [0.05, 0.1) is 31.7 Å². The van der Waals surface area contributed by atoms with Gasteiger partial charge in [0, 0.05) is 19.1 Å². The lowest BCUT2D eigenvalue weighted by molar-refractivity contribution is -0.0619. The van der Waals surface area contributed by atoms with Gasteiger partial charge in [0.2, 0.25) is 5.95 Å². The van der Waals surface area contributed by atoms with E-state index in [2.05, 4.69) is 30.3 Å². The number of nitrogen functional groups attached to an aromatic ring is 1. The third kappa shape index (κ3) is 5.57. The summed E-state index contributed by atoms with van der Waals surface area (Å²) in [5.74, 6) is 0.0403. The first-order chi connectivity index (χ1) is 20.9. The second kappa shape index (κ2) is 11.3. The van der Waals surface area contributed by atoms with Gasteiger partial charge in [-0.3, -0.25) is 18.9 Å². The van der Waals surface area contributed by atoms with Gasteiger partial charge in [-0.05, 0) is 23.6 Å². The Morgan fingerprint density at radius 2 is 1.89 bits per heavy atom. The molecule has 0 aliphatic carbocycles. The molecular formula is C20H25FN10O9P2S2. The van der Waals surface area contributed by atoms with E-state index < -0.39 is 74.7 Å². The zero-order valence-corrected chi connectivity index (χ0v) is 25.7. The smallest absolute Gasteiger partial charge is 0.325 e. The molecule has 19 nitrogen and oxygen atoms in total. The molecular weight excluding hydrogens is 669 g/mol. The highest BCUT2D eigenvalue weighted by atomic mass is 32.5. The maximum atomic E-state index is 16.0. The number of ether oxygens (including phenoxy) is 2. The van der Waals surface area contributed by atoms with Crippen LogP contribution in [0.5, 0.6) is 0 Å². The first kappa shape index (κ1) is 30.5. The van der Waals surface area contributed by atoms with Crippen molar-refractivity contribution >= 4 is 66.2 Å². The van der Waals surface area contributed by atoms with Gasteiger partial charge in [0.25, 0.3) is 5.56 Å². The summed E-state index contributed by atoms with van der Waals surface area (Å²) in [4.78, 5) is 49.1. The molecule has 44 heavy (non-hydrogen) atoms. The molecule has 238 valence electrons. The van der Waals surface area contributed by atoms with Crippen LogP contribution in [0.15, 0.2) is 16.1 Å². The molecule has 3 unspecified atom stereocenters. The minimum absolute atomic E-state index is 0.0179. The number of H-pyrrole nitrogens is 1. The Labute approximate surface area is 256 Å². The molecule has 4 aliphatic heterocycles. The fourth-order valence-electron chi connectivity index (χ4n) is 5.38. The summed E-state index contributed by atoms with van der Waals surface area (Å²) in [5, 5.41) is 7.99. The van der Waals surface area contributed by atoms with Crippen LogP contribution >= 0.6 is 13.4 Å². The summed E-state index contributed by atoms with van der Waals surface area (Å²) in [7, 11) is 0. The lowest BCUT2D eigenvalue weighted by atomic mass is 10.1. The van der Waals surface area contributed by atoms with E-state index in [1.54, 1.807) is 6.21 Å². The Morgan fingerprint density at radius 1 is 1.11 bits per heavy atom. The van der Waals surface area contributed by atoms with Gasteiger partial charge in [-0.1, -0.05) is 5.21 Å². The van der Waals surface area contributed by atoms with E-state index in [-0.39, 0.29) is 36.0 Å². The van der Waals surface area contributed by atoms with Crippen LogP contribution < -0.4 is 17.0 Å². The van der Waals surface area contributed by atoms with Crippen LogP contribution in [0.2, 0.25) is 0 Å². The lowest BCUT2D eigenvalue weighted by Crippen LogP contribution is -2.34. The third-order valence-electron chi connectivity index (χ3n) is 7.35. The summed E-state index contributed by atoms with van der Waals surface area (Å²) in [6, 6.07) is -0.489. The van der Waals surface area contributed by atoms with Gasteiger partial charge in [-0.15, -0.1) is 5.10 Å². The van der Waals surface area contributed by atoms with E-state index >= 15 is 4.39 Å². The molecule has 7 heterocycles. The fourth-order valence-corrected chi connectivity index (χ4v) is 8.28. The first-order valence-electron chi connectivity index (χ1n) is 13.1. The number of anilines is 1. The van der Waals surface area contributed by atoms with Crippen molar-refractivity contribution in [2.24, 2.45) is 10.7 Å². The van der Waals surface area contributed by atoms with E-state index in [1.165, 1.54) is 10.9 Å². The second-order valence-corrected chi connectivity index (χ2v) is 15.9. The Balaban J connectivity index is 1.18. The predicted octanol–water partition coefficient (Wildman–Crippen LogP) is -0.127. The van der Waals surface area contributed by atoms with Crippen molar-refractivity contribution in [3.8, 4) is 0 Å². The molecule has 3 aromatic rings. The molecule has 3 saturated heterocycles. The molecule has 7 rings (SSSR count). The summed E-state index contributed by atoms with van der Waals surface area (Å²) in [6.07, 6.45) is -5.70. The van der Waals surface area contributed by atoms with Crippen molar-refractivity contribution < 1.29 is 41.7 Å². The van der Waals surface area contributed by atoms with Gasteiger partial charge >= 0.3 is 13.4 Å². The number of halogens is 1. The monoisotopic (exact) mass is 694 g/mol. The molecule has 0 radical (unpaired) electrons. The zero-order valence-electron chi connectivity index (χ0n) is 22.2. The standard InChI is InChI=1S/C20H25FN10O9P2S2/c21-11-14-10(38-19(11)31-15-12(28-29-31)8(22)1-2-24-15)5-36-41(33,43)39-9-3-7(4-35-42(34,44)40-14)37-18(9)30-6-25-13-16(30)26-20(23)27-17(13)32/h2,6-11,14,18-19H,1,3-5,22H2,(H,33,43)(H,34,44)(H3,23,26,27,32)/t7-,8?,9+,10+,11-,14+,18+,19+,41?,42?/m0/s1. The van der Waals surface area contributed by atoms with Crippen LogP contribution in [0.4, 0.5) is 16.2 Å². The van der Waals surface area contributed by atoms with Crippen LogP contribution in [-0.4, -0.2) is 94.3 Å². The molecule has 0 spiro atoms. The molecule has 0 saturated carbocycles. The maximum Gasteiger partial charge on any atom is 0.325 e. The predicted molar refractivity (Wildman–Crippen MR) is 154 cm³/mol. The average Bonchev–Trinajstić information content (AvgIpc) is 3.72. The minimum atomic E-state index is -4.12.